The van der Waals surface area contributed by atoms with E-state index < -0.39 is 0 Å². The first-order chi connectivity index (χ1) is 6.29. The Labute approximate surface area is 79.1 Å². The van der Waals surface area contributed by atoms with Gasteiger partial charge in [0, 0.05) is 0 Å². The van der Waals surface area contributed by atoms with Crippen molar-refractivity contribution >= 4 is 0 Å². The van der Waals surface area contributed by atoms with Gasteiger partial charge in [0.05, 0.1) is 12.2 Å². The summed E-state index contributed by atoms with van der Waals surface area (Å²) < 4.78 is 5.24. The van der Waals surface area contributed by atoms with Crippen LogP contribution in [0.4, 0.5) is 0 Å². The highest BCUT2D eigenvalue weighted by Gasteiger charge is 2.02. The molecule has 0 heterocycles. The lowest BCUT2D eigenvalue weighted by Gasteiger charge is -2.05. The van der Waals surface area contributed by atoms with Crippen LogP contribution in [0, 0.1) is 11.3 Å². The molecule has 0 aromatic rings. The van der Waals surface area contributed by atoms with Crippen LogP contribution >= 0.6 is 0 Å². The molecule has 68 valence electrons. The van der Waals surface area contributed by atoms with Crippen molar-refractivity contribution in [2.24, 2.45) is 0 Å². The second kappa shape index (κ2) is 6.93. The highest BCUT2D eigenvalue weighted by Crippen LogP contribution is 2.10. The van der Waals surface area contributed by atoms with E-state index in [4.69, 9.17) is 10.00 Å². The fraction of sp³-hybridized carbons (Fsp3) is 0.182. The molecule has 0 saturated carbocycles. The van der Waals surface area contributed by atoms with E-state index >= 15 is 0 Å². The molecule has 0 aromatic carbocycles. The van der Waals surface area contributed by atoms with E-state index in [9.17, 15) is 0 Å². The Morgan fingerprint density at radius 1 is 1.38 bits per heavy atom. The van der Waals surface area contributed by atoms with Crippen molar-refractivity contribution in [1.29, 1.82) is 5.26 Å². The quantitative estimate of drug-likeness (QED) is 0.365. The van der Waals surface area contributed by atoms with Gasteiger partial charge in [0.15, 0.2) is 0 Å². The van der Waals surface area contributed by atoms with Gasteiger partial charge >= 0.3 is 0 Å². The monoisotopic (exact) mass is 175 g/mol. The molecular formula is C11H13NO. The van der Waals surface area contributed by atoms with Crippen LogP contribution in [0.5, 0.6) is 0 Å². The molecule has 2 nitrogen and oxygen atoms in total. The second-order valence-electron chi connectivity index (χ2n) is 2.13. The molecule has 0 aliphatic rings. The van der Waals surface area contributed by atoms with Gasteiger partial charge in [-0.2, -0.15) is 5.26 Å². The standard InChI is InChI=1S/C11H13NO/c1-4-7-10(9-12)11(8-5-2)13-6-3/h4-5,7-8H,1-2,6H2,3H3/b10-7-,11-8+. The molecule has 0 saturated heterocycles. The van der Waals surface area contributed by atoms with Crippen molar-refractivity contribution in [3.05, 3.63) is 48.8 Å². The molecule has 0 aromatic heterocycles. The largest absolute Gasteiger partial charge is 0.492 e. The third-order valence-corrected chi connectivity index (χ3v) is 1.24. The van der Waals surface area contributed by atoms with Crippen LogP contribution < -0.4 is 0 Å². The Morgan fingerprint density at radius 2 is 2.00 bits per heavy atom. The number of nitriles is 1. The number of hydrogen-bond acceptors (Lipinski definition) is 2. The van der Waals surface area contributed by atoms with Crippen LogP contribution in [-0.4, -0.2) is 6.61 Å². The summed E-state index contributed by atoms with van der Waals surface area (Å²) in [5, 5.41) is 8.76. The summed E-state index contributed by atoms with van der Waals surface area (Å²) in [7, 11) is 0. The maximum Gasteiger partial charge on any atom is 0.137 e. The highest BCUT2D eigenvalue weighted by atomic mass is 16.5. The summed E-state index contributed by atoms with van der Waals surface area (Å²) >= 11 is 0. The Hall–Kier alpha value is -1.75. The lowest BCUT2D eigenvalue weighted by atomic mass is 10.2. The van der Waals surface area contributed by atoms with Gasteiger partial charge in [-0.1, -0.05) is 25.3 Å². The Bertz CT molecular complexity index is 279. The Kier molecular flexibility index (Phi) is 6.00. The van der Waals surface area contributed by atoms with Crippen LogP contribution in [-0.2, 0) is 4.74 Å². The van der Waals surface area contributed by atoms with Crippen molar-refractivity contribution in [2.75, 3.05) is 6.61 Å². The molecule has 0 amide bonds. The van der Waals surface area contributed by atoms with Gasteiger partial charge in [0.2, 0.25) is 0 Å². The van der Waals surface area contributed by atoms with Crippen LogP contribution in [0.2, 0.25) is 0 Å². The summed E-state index contributed by atoms with van der Waals surface area (Å²) in [6.07, 6.45) is 6.39. The van der Waals surface area contributed by atoms with Crippen LogP contribution in [0.1, 0.15) is 6.92 Å². The molecule has 0 fully saturated rings. The van der Waals surface area contributed by atoms with E-state index in [1.807, 2.05) is 13.0 Å². The fourth-order valence-electron chi connectivity index (χ4n) is 0.771. The van der Waals surface area contributed by atoms with E-state index in [2.05, 4.69) is 13.2 Å². The van der Waals surface area contributed by atoms with Crippen molar-refractivity contribution < 1.29 is 4.74 Å². The van der Waals surface area contributed by atoms with E-state index in [0.29, 0.717) is 17.9 Å². The normalized spacial score (nSPS) is 11.7. The van der Waals surface area contributed by atoms with Crippen LogP contribution in [0.3, 0.4) is 0 Å². The first-order valence-electron chi connectivity index (χ1n) is 3.98. The molecule has 0 bridgehead atoms. The average molecular weight is 175 g/mol. The summed E-state index contributed by atoms with van der Waals surface area (Å²) in [6, 6.07) is 2.02. The minimum atomic E-state index is 0.455. The predicted octanol–water partition coefficient (Wildman–Crippen LogP) is 2.73. The topological polar surface area (TPSA) is 33.0 Å². The van der Waals surface area contributed by atoms with Crippen molar-refractivity contribution in [2.45, 2.75) is 6.92 Å². The summed E-state index contributed by atoms with van der Waals surface area (Å²) in [4.78, 5) is 0. The molecular weight excluding hydrogens is 162 g/mol. The summed E-state index contributed by atoms with van der Waals surface area (Å²) in [5.74, 6) is 0.528. The minimum absolute atomic E-state index is 0.455. The number of hydrogen-bond donors (Lipinski definition) is 0. The predicted molar refractivity (Wildman–Crippen MR) is 53.8 cm³/mol. The third kappa shape index (κ3) is 3.97. The molecule has 0 unspecified atom stereocenters. The Balaban J connectivity index is 4.82. The molecule has 0 aliphatic carbocycles. The third-order valence-electron chi connectivity index (χ3n) is 1.24. The molecule has 0 N–H and O–H groups in total. The number of allylic oxidation sites excluding steroid dienone is 5. The lowest BCUT2D eigenvalue weighted by molar-refractivity contribution is 0.239. The molecule has 0 atom stereocenters. The van der Waals surface area contributed by atoms with E-state index in [-0.39, 0.29) is 0 Å². The van der Waals surface area contributed by atoms with Gasteiger partial charge in [-0.15, -0.1) is 0 Å². The van der Waals surface area contributed by atoms with E-state index in [0.717, 1.165) is 0 Å². The lowest BCUT2D eigenvalue weighted by Crippen LogP contribution is -1.93. The van der Waals surface area contributed by atoms with Crippen molar-refractivity contribution in [1.82, 2.24) is 0 Å². The average Bonchev–Trinajstić information content (AvgIpc) is 2.14. The molecule has 0 radical (unpaired) electrons. The van der Waals surface area contributed by atoms with Crippen LogP contribution in [0.25, 0.3) is 0 Å². The van der Waals surface area contributed by atoms with E-state index in [1.165, 1.54) is 0 Å². The number of nitrogens with zero attached hydrogens (tertiary/aromatic N) is 1. The van der Waals surface area contributed by atoms with Crippen molar-refractivity contribution in [3.63, 3.8) is 0 Å². The van der Waals surface area contributed by atoms with Gasteiger partial charge < -0.3 is 4.74 Å². The number of ether oxygens (including phenoxy) is 1. The zero-order valence-corrected chi connectivity index (χ0v) is 7.79. The molecule has 0 rings (SSSR count). The highest BCUT2D eigenvalue weighted by molar-refractivity contribution is 5.41. The summed E-state index contributed by atoms with van der Waals surface area (Å²) in [6.45, 7) is 9.44. The van der Waals surface area contributed by atoms with Gasteiger partial charge in [0.25, 0.3) is 0 Å². The zero-order valence-electron chi connectivity index (χ0n) is 7.79. The molecule has 0 aliphatic heterocycles. The summed E-state index contributed by atoms with van der Waals surface area (Å²) in [5.41, 5.74) is 0.455. The Morgan fingerprint density at radius 3 is 2.38 bits per heavy atom. The maximum atomic E-state index is 8.76. The van der Waals surface area contributed by atoms with Gasteiger partial charge in [-0.3, -0.25) is 0 Å². The maximum absolute atomic E-state index is 8.76. The van der Waals surface area contributed by atoms with Gasteiger partial charge in [-0.25, -0.2) is 0 Å². The van der Waals surface area contributed by atoms with Gasteiger partial charge in [-0.05, 0) is 19.1 Å². The van der Waals surface area contributed by atoms with Gasteiger partial charge in [0.1, 0.15) is 11.8 Å². The zero-order chi connectivity index (χ0) is 10.1. The van der Waals surface area contributed by atoms with Crippen LogP contribution in [0.15, 0.2) is 48.8 Å². The second-order valence-corrected chi connectivity index (χ2v) is 2.13. The first kappa shape index (κ1) is 11.2. The van der Waals surface area contributed by atoms with E-state index in [1.54, 1.807) is 24.3 Å². The fourth-order valence-corrected chi connectivity index (χ4v) is 0.771. The molecule has 2 heteroatoms. The molecule has 13 heavy (non-hydrogen) atoms. The minimum Gasteiger partial charge on any atom is -0.492 e. The SMILES string of the molecule is C=C/C=C(C#N)\C(=C/C=C)OCC. The van der Waals surface area contributed by atoms with Crippen molar-refractivity contribution in [3.8, 4) is 6.07 Å². The smallest absolute Gasteiger partial charge is 0.137 e. The molecule has 0 spiro atoms. The number of rotatable bonds is 5. The first-order valence-corrected chi connectivity index (χ1v) is 3.98.